The van der Waals surface area contributed by atoms with Crippen LogP contribution in [0, 0.1) is 0 Å². The molecule has 1 aliphatic heterocycles. The molecule has 2 fully saturated rings. The van der Waals surface area contributed by atoms with Crippen molar-refractivity contribution >= 4 is 11.8 Å². The summed E-state index contributed by atoms with van der Waals surface area (Å²) in [7, 11) is 0. The molecule has 1 aromatic rings. The first-order valence-corrected chi connectivity index (χ1v) is 8.76. The minimum atomic E-state index is -0.612. The summed E-state index contributed by atoms with van der Waals surface area (Å²) in [4.78, 5) is 28.6. The van der Waals surface area contributed by atoms with Gasteiger partial charge >= 0.3 is 0 Å². The normalized spacial score (nSPS) is 23.8. The minimum Gasteiger partial charge on any atom is -0.344 e. The zero-order valence-corrected chi connectivity index (χ0v) is 14.6. The number of amides is 2. The highest BCUT2D eigenvalue weighted by atomic mass is 16.5. The quantitative estimate of drug-likeness (QED) is 0.880. The lowest BCUT2D eigenvalue weighted by Gasteiger charge is -2.35. The van der Waals surface area contributed by atoms with Crippen LogP contribution in [0.2, 0.25) is 0 Å². The molecular weight excluding hydrogens is 308 g/mol. The molecular formula is C17H26N4O3. The van der Waals surface area contributed by atoms with E-state index in [9.17, 15) is 9.59 Å². The summed E-state index contributed by atoms with van der Waals surface area (Å²) in [5.41, 5.74) is -0.819. The Balaban J connectivity index is 1.83. The van der Waals surface area contributed by atoms with Gasteiger partial charge in [-0.2, -0.15) is 4.98 Å². The maximum absolute atomic E-state index is 12.6. The van der Waals surface area contributed by atoms with E-state index in [1.54, 1.807) is 0 Å². The number of nitrogens with zero attached hydrogens (tertiary/aromatic N) is 2. The van der Waals surface area contributed by atoms with E-state index in [2.05, 4.69) is 20.8 Å². The third kappa shape index (κ3) is 3.30. The lowest BCUT2D eigenvalue weighted by atomic mass is 9.81. The zero-order valence-electron chi connectivity index (χ0n) is 14.6. The van der Waals surface area contributed by atoms with Crippen molar-refractivity contribution in [3.8, 4) is 0 Å². The fourth-order valence-corrected chi connectivity index (χ4v) is 3.40. The molecule has 7 heteroatoms. The molecule has 24 heavy (non-hydrogen) atoms. The molecule has 1 atom stereocenters. The molecule has 0 radical (unpaired) electrons. The van der Waals surface area contributed by atoms with Gasteiger partial charge in [0.1, 0.15) is 11.6 Å². The van der Waals surface area contributed by atoms with E-state index in [4.69, 9.17) is 4.52 Å². The molecule has 2 amide bonds. The monoisotopic (exact) mass is 334 g/mol. The van der Waals surface area contributed by atoms with Gasteiger partial charge in [-0.15, -0.1) is 0 Å². The van der Waals surface area contributed by atoms with Crippen molar-refractivity contribution in [2.45, 2.75) is 82.7 Å². The standard InChI is InChI=1S/C17H26N4O3/c1-16(2,3)14-19-15(24-21-14)17(9-5-4-6-10-17)20-13(23)11-7-8-12(22)18-11/h11H,4-10H2,1-3H3,(H,18,22)(H,20,23)/t11-/m1/s1. The first-order valence-electron chi connectivity index (χ1n) is 8.76. The Kier molecular flexibility index (Phi) is 4.36. The maximum atomic E-state index is 12.6. The van der Waals surface area contributed by atoms with Gasteiger partial charge in [0.05, 0.1) is 0 Å². The molecule has 2 aliphatic rings. The van der Waals surface area contributed by atoms with Gasteiger partial charge in [-0.1, -0.05) is 45.2 Å². The molecule has 1 saturated carbocycles. The van der Waals surface area contributed by atoms with Crippen molar-refractivity contribution in [2.24, 2.45) is 0 Å². The zero-order chi connectivity index (χ0) is 17.4. The third-order valence-electron chi connectivity index (χ3n) is 4.89. The van der Waals surface area contributed by atoms with Gasteiger partial charge in [-0.25, -0.2) is 0 Å². The molecule has 1 saturated heterocycles. The van der Waals surface area contributed by atoms with Crippen molar-refractivity contribution in [3.05, 3.63) is 11.7 Å². The van der Waals surface area contributed by atoms with E-state index < -0.39 is 11.6 Å². The van der Waals surface area contributed by atoms with E-state index in [0.717, 1.165) is 32.1 Å². The maximum Gasteiger partial charge on any atom is 0.252 e. The SMILES string of the molecule is CC(C)(C)c1noc(C2(NC(=O)[C@H]3CCC(=O)N3)CCCCC2)n1. The number of hydrogen-bond acceptors (Lipinski definition) is 5. The Morgan fingerprint density at radius 1 is 1.29 bits per heavy atom. The van der Waals surface area contributed by atoms with Crippen molar-refractivity contribution in [2.75, 3.05) is 0 Å². The predicted molar refractivity (Wildman–Crippen MR) is 87.1 cm³/mol. The second-order valence-corrected chi connectivity index (χ2v) is 7.96. The van der Waals surface area contributed by atoms with E-state index in [1.807, 2.05) is 20.8 Å². The van der Waals surface area contributed by atoms with Crippen LogP contribution in [0.3, 0.4) is 0 Å². The van der Waals surface area contributed by atoms with Gasteiger partial charge in [-0.3, -0.25) is 9.59 Å². The second-order valence-electron chi connectivity index (χ2n) is 7.96. The number of nitrogens with one attached hydrogen (secondary N) is 2. The predicted octanol–water partition coefficient (Wildman–Crippen LogP) is 1.92. The van der Waals surface area contributed by atoms with Crippen LogP contribution in [0.25, 0.3) is 0 Å². The Morgan fingerprint density at radius 2 is 2.00 bits per heavy atom. The number of carbonyl (C=O) groups is 2. The topological polar surface area (TPSA) is 97.1 Å². The molecule has 0 aromatic carbocycles. The third-order valence-corrected chi connectivity index (χ3v) is 4.89. The molecule has 2 N–H and O–H groups in total. The lowest BCUT2D eigenvalue weighted by Crippen LogP contribution is -2.53. The van der Waals surface area contributed by atoms with Crippen molar-refractivity contribution < 1.29 is 14.1 Å². The van der Waals surface area contributed by atoms with Crippen LogP contribution in [-0.4, -0.2) is 28.0 Å². The molecule has 132 valence electrons. The Bertz CT molecular complexity index is 626. The van der Waals surface area contributed by atoms with E-state index in [-0.39, 0.29) is 17.2 Å². The summed E-state index contributed by atoms with van der Waals surface area (Å²) < 4.78 is 5.56. The van der Waals surface area contributed by atoms with Gasteiger partial charge in [0.15, 0.2) is 5.82 Å². The number of aromatic nitrogens is 2. The Morgan fingerprint density at radius 3 is 2.54 bits per heavy atom. The average Bonchev–Trinajstić information content (AvgIpc) is 3.16. The highest BCUT2D eigenvalue weighted by Crippen LogP contribution is 2.37. The fraction of sp³-hybridized carbons (Fsp3) is 0.765. The molecule has 0 unspecified atom stereocenters. The van der Waals surface area contributed by atoms with Gasteiger partial charge in [0.2, 0.25) is 11.8 Å². The summed E-state index contributed by atoms with van der Waals surface area (Å²) in [6.45, 7) is 6.09. The molecule has 3 rings (SSSR count). The van der Waals surface area contributed by atoms with E-state index in [1.165, 1.54) is 0 Å². The first-order chi connectivity index (χ1) is 11.3. The van der Waals surface area contributed by atoms with Crippen LogP contribution >= 0.6 is 0 Å². The van der Waals surface area contributed by atoms with Crippen LogP contribution in [-0.2, 0) is 20.5 Å². The van der Waals surface area contributed by atoms with Crippen LogP contribution in [0.1, 0.15) is 77.4 Å². The largest absolute Gasteiger partial charge is 0.344 e. The van der Waals surface area contributed by atoms with Crippen LogP contribution in [0.4, 0.5) is 0 Å². The molecule has 2 heterocycles. The summed E-state index contributed by atoms with van der Waals surface area (Å²) in [6, 6.07) is -0.457. The van der Waals surface area contributed by atoms with Crippen LogP contribution < -0.4 is 10.6 Å². The number of carbonyl (C=O) groups excluding carboxylic acids is 2. The van der Waals surface area contributed by atoms with Crippen LogP contribution in [0.15, 0.2) is 4.52 Å². The van der Waals surface area contributed by atoms with Gasteiger partial charge in [0, 0.05) is 11.8 Å². The van der Waals surface area contributed by atoms with Gasteiger partial charge < -0.3 is 15.2 Å². The Hall–Kier alpha value is -1.92. The summed E-state index contributed by atoms with van der Waals surface area (Å²) >= 11 is 0. The first kappa shape index (κ1) is 16.9. The second kappa shape index (κ2) is 6.18. The molecule has 7 nitrogen and oxygen atoms in total. The van der Waals surface area contributed by atoms with Gasteiger partial charge in [0.25, 0.3) is 5.89 Å². The molecule has 0 bridgehead atoms. The van der Waals surface area contributed by atoms with E-state index in [0.29, 0.717) is 24.6 Å². The molecule has 1 aliphatic carbocycles. The van der Waals surface area contributed by atoms with Crippen LogP contribution in [0.5, 0.6) is 0 Å². The lowest BCUT2D eigenvalue weighted by molar-refractivity contribution is -0.128. The molecule has 1 aromatic heterocycles. The van der Waals surface area contributed by atoms with Crippen molar-refractivity contribution in [1.29, 1.82) is 0 Å². The van der Waals surface area contributed by atoms with Crippen molar-refractivity contribution in [3.63, 3.8) is 0 Å². The number of hydrogen-bond donors (Lipinski definition) is 2. The Labute approximate surface area is 142 Å². The number of rotatable bonds is 3. The summed E-state index contributed by atoms with van der Waals surface area (Å²) in [5.74, 6) is 0.912. The van der Waals surface area contributed by atoms with Crippen molar-refractivity contribution in [1.82, 2.24) is 20.8 Å². The van der Waals surface area contributed by atoms with E-state index >= 15 is 0 Å². The average molecular weight is 334 g/mol. The van der Waals surface area contributed by atoms with Gasteiger partial charge in [-0.05, 0) is 19.3 Å². The fourth-order valence-electron chi connectivity index (χ4n) is 3.40. The summed E-state index contributed by atoms with van der Waals surface area (Å²) in [6.07, 6.45) is 5.65. The molecule has 0 spiro atoms. The highest BCUT2D eigenvalue weighted by molar-refractivity contribution is 5.91. The summed E-state index contributed by atoms with van der Waals surface area (Å²) in [5, 5.41) is 9.97. The minimum absolute atomic E-state index is 0.0688. The smallest absolute Gasteiger partial charge is 0.252 e. The highest BCUT2D eigenvalue weighted by Gasteiger charge is 2.43.